The van der Waals surface area contributed by atoms with Crippen LogP contribution in [0.1, 0.15) is 38.3 Å². The van der Waals surface area contributed by atoms with Gasteiger partial charge in [0, 0.05) is 17.7 Å². The minimum Gasteiger partial charge on any atom is -0.323 e. The predicted molar refractivity (Wildman–Crippen MR) is 109 cm³/mol. The Balaban J connectivity index is 1.73. The average molecular weight is 415 g/mol. The molecule has 1 amide bonds. The monoisotopic (exact) mass is 414 g/mol. The summed E-state index contributed by atoms with van der Waals surface area (Å²) in [4.78, 5) is 23.9. The molecule has 1 aromatic heterocycles. The molecule has 0 aliphatic carbocycles. The zero-order valence-corrected chi connectivity index (χ0v) is 16.8. The van der Waals surface area contributed by atoms with Crippen molar-refractivity contribution >= 4 is 28.9 Å². The molecule has 0 bridgehead atoms. The molecule has 3 aromatic rings. The van der Waals surface area contributed by atoms with Crippen LogP contribution in [0.4, 0.5) is 11.4 Å². The normalized spacial score (nSPS) is 12.0. The molecule has 0 unspecified atom stereocenters. The van der Waals surface area contributed by atoms with Crippen molar-refractivity contribution in [2.75, 3.05) is 5.32 Å². The van der Waals surface area contributed by atoms with Crippen molar-refractivity contribution in [1.29, 1.82) is 0 Å². The molecule has 150 valence electrons. The second kappa shape index (κ2) is 8.36. The summed E-state index contributed by atoms with van der Waals surface area (Å²) < 4.78 is 0. The summed E-state index contributed by atoms with van der Waals surface area (Å²) in [5, 5.41) is 25.7. The van der Waals surface area contributed by atoms with E-state index in [0.29, 0.717) is 11.7 Å². The lowest BCUT2D eigenvalue weighted by atomic mass is 10.0. The number of anilines is 1. The second-order valence-corrected chi connectivity index (χ2v) is 7.20. The van der Waals surface area contributed by atoms with Crippen molar-refractivity contribution < 1.29 is 9.72 Å². The van der Waals surface area contributed by atoms with E-state index in [9.17, 15) is 14.9 Å². The first kappa shape index (κ1) is 20.4. The quantitative estimate of drug-likeness (QED) is 0.476. The van der Waals surface area contributed by atoms with E-state index in [4.69, 9.17) is 11.6 Å². The average Bonchev–Trinajstić information content (AvgIpc) is 3.19. The van der Waals surface area contributed by atoms with Gasteiger partial charge in [-0.3, -0.25) is 14.9 Å². The number of nitro benzene ring substituents is 1. The van der Waals surface area contributed by atoms with Crippen LogP contribution >= 0.6 is 11.6 Å². The van der Waals surface area contributed by atoms with Gasteiger partial charge in [-0.05, 0) is 29.7 Å². The van der Waals surface area contributed by atoms with Crippen LogP contribution in [0.15, 0.2) is 42.5 Å². The van der Waals surface area contributed by atoms with Gasteiger partial charge in [0.2, 0.25) is 5.82 Å². The fourth-order valence-corrected chi connectivity index (χ4v) is 2.80. The molecular weight excluding hydrogens is 396 g/mol. The van der Waals surface area contributed by atoms with Crippen molar-refractivity contribution in [3.63, 3.8) is 0 Å². The zero-order valence-electron chi connectivity index (χ0n) is 16.0. The topological polar surface area (TPSA) is 116 Å². The summed E-state index contributed by atoms with van der Waals surface area (Å²) >= 11 is 6.02. The van der Waals surface area contributed by atoms with Gasteiger partial charge in [0.25, 0.3) is 11.6 Å². The molecule has 1 heterocycles. The summed E-state index contributed by atoms with van der Waals surface area (Å²) in [5.41, 5.74) is 2.10. The van der Waals surface area contributed by atoms with Gasteiger partial charge in [-0.15, -0.1) is 10.2 Å². The third-order valence-corrected chi connectivity index (χ3v) is 4.72. The number of nitro groups is 1. The van der Waals surface area contributed by atoms with Crippen LogP contribution in [0.3, 0.4) is 0 Å². The number of carbonyl (C=O) groups excluding carboxylic acids is 1. The van der Waals surface area contributed by atoms with Gasteiger partial charge in [0.1, 0.15) is 6.04 Å². The van der Waals surface area contributed by atoms with Crippen LogP contribution in [-0.2, 0) is 4.79 Å². The molecule has 1 atom stereocenters. The zero-order chi connectivity index (χ0) is 21.1. The van der Waals surface area contributed by atoms with Gasteiger partial charge in [-0.1, -0.05) is 49.7 Å². The van der Waals surface area contributed by atoms with E-state index in [1.54, 1.807) is 6.92 Å². The molecule has 0 saturated heterocycles. The number of amides is 1. The summed E-state index contributed by atoms with van der Waals surface area (Å²) in [5.74, 6) is 0.399. The number of nitrogens with zero attached hydrogens (tertiary/aromatic N) is 5. The number of nitrogens with one attached hydrogen (secondary N) is 1. The Bertz CT molecular complexity index is 1050. The fourth-order valence-electron chi connectivity index (χ4n) is 2.58. The Hall–Kier alpha value is -3.33. The third kappa shape index (κ3) is 4.57. The van der Waals surface area contributed by atoms with Crippen molar-refractivity contribution in [3.05, 3.63) is 63.2 Å². The molecule has 0 saturated carbocycles. The van der Waals surface area contributed by atoms with E-state index in [1.165, 1.54) is 28.6 Å². The highest BCUT2D eigenvalue weighted by atomic mass is 35.5. The first-order valence-electron chi connectivity index (χ1n) is 8.91. The Kier molecular flexibility index (Phi) is 5.88. The lowest BCUT2D eigenvalue weighted by molar-refractivity contribution is -0.384. The van der Waals surface area contributed by atoms with E-state index < -0.39 is 16.9 Å². The summed E-state index contributed by atoms with van der Waals surface area (Å²) in [7, 11) is 0. The Labute approximate surface area is 171 Å². The molecule has 0 spiro atoms. The molecular formula is C19H19ClN6O3. The number of hydrogen-bond acceptors (Lipinski definition) is 6. The van der Waals surface area contributed by atoms with E-state index in [1.807, 2.05) is 24.3 Å². The van der Waals surface area contributed by atoms with Crippen LogP contribution in [0.5, 0.6) is 0 Å². The van der Waals surface area contributed by atoms with Crippen molar-refractivity contribution in [2.24, 2.45) is 0 Å². The highest BCUT2D eigenvalue weighted by Crippen LogP contribution is 2.27. The SMILES string of the molecule is CC(C)c1ccc(-c2nnn([C@H](C)C(=O)Nc3ccc([N+](=O)[O-])cc3Cl)n2)cc1. The largest absolute Gasteiger partial charge is 0.323 e. The van der Waals surface area contributed by atoms with Crippen molar-refractivity contribution in [3.8, 4) is 11.4 Å². The fraction of sp³-hybridized carbons (Fsp3) is 0.263. The number of halogens is 1. The Morgan fingerprint density at radius 1 is 1.17 bits per heavy atom. The molecule has 0 aliphatic rings. The molecule has 29 heavy (non-hydrogen) atoms. The van der Waals surface area contributed by atoms with Crippen LogP contribution in [-0.4, -0.2) is 31.0 Å². The van der Waals surface area contributed by atoms with E-state index >= 15 is 0 Å². The highest BCUT2D eigenvalue weighted by molar-refractivity contribution is 6.34. The molecule has 1 N–H and O–H groups in total. The molecule has 0 aliphatic heterocycles. The minimum atomic E-state index is -0.766. The first-order chi connectivity index (χ1) is 13.8. The minimum absolute atomic E-state index is 0.0669. The first-order valence-corrected chi connectivity index (χ1v) is 9.28. The van der Waals surface area contributed by atoms with Gasteiger partial charge in [-0.2, -0.15) is 4.80 Å². The van der Waals surface area contributed by atoms with E-state index in [2.05, 4.69) is 34.6 Å². The van der Waals surface area contributed by atoms with Crippen LogP contribution in [0.25, 0.3) is 11.4 Å². The van der Waals surface area contributed by atoms with Gasteiger partial charge in [0.05, 0.1) is 15.6 Å². The highest BCUT2D eigenvalue weighted by Gasteiger charge is 2.20. The maximum atomic E-state index is 12.5. The Morgan fingerprint density at radius 2 is 1.86 bits per heavy atom. The standard InChI is InChI=1S/C19H19ClN6O3/c1-11(2)13-4-6-14(7-5-13)18-22-24-25(23-18)12(3)19(27)21-17-9-8-15(26(28)29)10-16(17)20/h4-12H,1-3H3,(H,21,27)/t12-/m1/s1. The van der Waals surface area contributed by atoms with E-state index in [0.717, 1.165) is 5.56 Å². The van der Waals surface area contributed by atoms with Gasteiger partial charge in [-0.25, -0.2) is 0 Å². The second-order valence-electron chi connectivity index (χ2n) is 6.80. The predicted octanol–water partition coefficient (Wildman–Crippen LogP) is 4.22. The molecule has 10 heteroatoms. The molecule has 0 radical (unpaired) electrons. The number of non-ortho nitro benzene ring substituents is 1. The lowest BCUT2D eigenvalue weighted by Crippen LogP contribution is -2.25. The van der Waals surface area contributed by atoms with Gasteiger partial charge >= 0.3 is 0 Å². The number of rotatable bonds is 6. The molecule has 9 nitrogen and oxygen atoms in total. The summed E-state index contributed by atoms with van der Waals surface area (Å²) in [6.07, 6.45) is 0. The summed E-state index contributed by atoms with van der Waals surface area (Å²) in [6, 6.07) is 10.9. The summed E-state index contributed by atoms with van der Waals surface area (Å²) in [6.45, 7) is 5.84. The number of benzene rings is 2. The van der Waals surface area contributed by atoms with Crippen LogP contribution < -0.4 is 5.32 Å². The number of hydrogen-bond donors (Lipinski definition) is 1. The maximum absolute atomic E-state index is 12.5. The molecule has 2 aromatic carbocycles. The van der Waals surface area contributed by atoms with Gasteiger partial charge < -0.3 is 5.32 Å². The number of carbonyl (C=O) groups is 1. The van der Waals surface area contributed by atoms with Gasteiger partial charge in [0.15, 0.2) is 0 Å². The Morgan fingerprint density at radius 3 is 2.45 bits per heavy atom. The van der Waals surface area contributed by atoms with Crippen LogP contribution in [0, 0.1) is 10.1 Å². The van der Waals surface area contributed by atoms with Crippen LogP contribution in [0.2, 0.25) is 5.02 Å². The van der Waals surface area contributed by atoms with Crippen molar-refractivity contribution in [1.82, 2.24) is 20.2 Å². The third-order valence-electron chi connectivity index (χ3n) is 4.41. The molecule has 3 rings (SSSR count). The number of aromatic nitrogens is 4. The van der Waals surface area contributed by atoms with E-state index in [-0.39, 0.29) is 16.4 Å². The van der Waals surface area contributed by atoms with Crippen molar-refractivity contribution in [2.45, 2.75) is 32.7 Å². The maximum Gasteiger partial charge on any atom is 0.271 e. The molecule has 0 fully saturated rings. The smallest absolute Gasteiger partial charge is 0.271 e. The lowest BCUT2D eigenvalue weighted by Gasteiger charge is -2.11. The number of tetrazole rings is 1.